The number of ether oxygens (including phenoxy) is 1. The van der Waals surface area contributed by atoms with Gasteiger partial charge in [-0.2, -0.15) is 4.31 Å². The molecule has 1 atom stereocenters. The standard InChI is InChI=1S/C20H25N3O5S2/c1-13-6-9-19(29-13)30(26,27)23-10-4-5-15(12-23)20(25)22-17-11-16(21-14(2)24)7-8-18(17)28-3/h6-9,11,15H,4-5,10,12H2,1-3H3,(H,21,24)(H,22,25). The van der Waals surface area contributed by atoms with Gasteiger partial charge in [-0.25, -0.2) is 8.42 Å². The van der Waals surface area contributed by atoms with Gasteiger partial charge in [-0.3, -0.25) is 9.59 Å². The molecule has 0 saturated carbocycles. The summed E-state index contributed by atoms with van der Waals surface area (Å²) in [5.41, 5.74) is 0.946. The number of piperidine rings is 1. The van der Waals surface area contributed by atoms with Crippen LogP contribution >= 0.6 is 11.3 Å². The van der Waals surface area contributed by atoms with Gasteiger partial charge in [-0.05, 0) is 50.1 Å². The van der Waals surface area contributed by atoms with Crippen molar-refractivity contribution >= 4 is 44.5 Å². The highest BCUT2D eigenvalue weighted by molar-refractivity contribution is 7.91. The molecule has 2 aromatic rings. The van der Waals surface area contributed by atoms with Crippen molar-refractivity contribution in [1.82, 2.24) is 4.31 Å². The number of aryl methyl sites for hydroxylation is 1. The predicted octanol–water partition coefficient (Wildman–Crippen LogP) is 3.06. The molecule has 1 aromatic carbocycles. The lowest BCUT2D eigenvalue weighted by molar-refractivity contribution is -0.121. The number of thiophene rings is 1. The smallest absolute Gasteiger partial charge is 0.252 e. The van der Waals surface area contributed by atoms with Crippen LogP contribution in [0.25, 0.3) is 0 Å². The highest BCUT2D eigenvalue weighted by Gasteiger charge is 2.34. The molecular weight excluding hydrogens is 426 g/mol. The number of carbonyl (C=O) groups excluding carboxylic acids is 2. The summed E-state index contributed by atoms with van der Waals surface area (Å²) in [5, 5.41) is 5.49. The maximum absolute atomic E-state index is 12.9. The minimum atomic E-state index is -3.61. The maximum Gasteiger partial charge on any atom is 0.252 e. The third kappa shape index (κ3) is 5.00. The number of amides is 2. The van der Waals surface area contributed by atoms with Gasteiger partial charge < -0.3 is 15.4 Å². The number of rotatable bonds is 6. The number of hydrogen-bond donors (Lipinski definition) is 2. The Hall–Kier alpha value is -2.43. The van der Waals surface area contributed by atoms with Crippen molar-refractivity contribution in [2.45, 2.75) is 30.9 Å². The van der Waals surface area contributed by atoms with Crippen LogP contribution in [-0.2, 0) is 19.6 Å². The van der Waals surface area contributed by atoms with E-state index in [1.165, 1.54) is 29.7 Å². The van der Waals surface area contributed by atoms with Gasteiger partial charge in [-0.1, -0.05) is 0 Å². The highest BCUT2D eigenvalue weighted by atomic mass is 32.2. The van der Waals surface area contributed by atoms with E-state index in [1.807, 2.05) is 6.92 Å². The second-order valence-electron chi connectivity index (χ2n) is 7.15. The second kappa shape index (κ2) is 9.15. The molecule has 1 saturated heterocycles. The Kier molecular flexibility index (Phi) is 6.79. The van der Waals surface area contributed by atoms with Crippen molar-refractivity contribution in [2.75, 3.05) is 30.8 Å². The van der Waals surface area contributed by atoms with Crippen LogP contribution in [0, 0.1) is 12.8 Å². The Bertz CT molecular complexity index is 1050. The van der Waals surface area contributed by atoms with Gasteiger partial charge in [0.1, 0.15) is 9.96 Å². The monoisotopic (exact) mass is 451 g/mol. The van der Waals surface area contributed by atoms with Crippen LogP contribution in [0.15, 0.2) is 34.5 Å². The zero-order valence-corrected chi connectivity index (χ0v) is 18.7. The molecule has 2 amide bonds. The first-order valence-corrected chi connectivity index (χ1v) is 11.8. The van der Waals surface area contributed by atoms with E-state index in [2.05, 4.69) is 10.6 Å². The van der Waals surface area contributed by atoms with E-state index in [9.17, 15) is 18.0 Å². The molecule has 10 heteroatoms. The second-order valence-corrected chi connectivity index (χ2v) is 10.6. The molecule has 0 bridgehead atoms. The summed E-state index contributed by atoms with van der Waals surface area (Å²) in [5.74, 6) is -0.541. The van der Waals surface area contributed by atoms with Gasteiger partial charge in [0.05, 0.1) is 18.7 Å². The van der Waals surface area contributed by atoms with Gasteiger partial charge in [0.2, 0.25) is 11.8 Å². The number of carbonyl (C=O) groups is 2. The Labute approximate surface area is 180 Å². The molecule has 30 heavy (non-hydrogen) atoms. The number of anilines is 2. The fourth-order valence-corrected chi connectivity index (χ4v) is 6.34. The first kappa shape index (κ1) is 22.3. The normalized spacial score (nSPS) is 17.4. The minimum Gasteiger partial charge on any atom is -0.495 e. The number of methoxy groups -OCH3 is 1. The summed E-state index contributed by atoms with van der Waals surface area (Å²) in [6, 6.07) is 8.33. The van der Waals surface area contributed by atoms with Crippen LogP contribution < -0.4 is 15.4 Å². The molecule has 8 nitrogen and oxygen atoms in total. The number of benzene rings is 1. The summed E-state index contributed by atoms with van der Waals surface area (Å²) in [7, 11) is -2.13. The fraction of sp³-hybridized carbons (Fsp3) is 0.400. The zero-order valence-electron chi connectivity index (χ0n) is 17.1. The quantitative estimate of drug-likeness (QED) is 0.702. The highest BCUT2D eigenvalue weighted by Crippen LogP contribution is 2.31. The first-order valence-electron chi connectivity index (χ1n) is 9.54. The van der Waals surface area contributed by atoms with Gasteiger partial charge in [-0.15, -0.1) is 11.3 Å². The van der Waals surface area contributed by atoms with Gasteiger partial charge in [0.15, 0.2) is 0 Å². The van der Waals surface area contributed by atoms with Crippen LogP contribution in [0.1, 0.15) is 24.6 Å². The fourth-order valence-electron chi connectivity index (χ4n) is 3.37. The first-order chi connectivity index (χ1) is 14.2. The molecule has 1 aliphatic rings. The van der Waals surface area contributed by atoms with Crippen LogP contribution in [0.3, 0.4) is 0 Å². The third-order valence-electron chi connectivity index (χ3n) is 4.84. The lowest BCUT2D eigenvalue weighted by Gasteiger charge is -2.31. The molecule has 162 valence electrons. The number of sulfonamides is 1. The largest absolute Gasteiger partial charge is 0.495 e. The summed E-state index contributed by atoms with van der Waals surface area (Å²) >= 11 is 1.23. The molecule has 0 spiro atoms. The zero-order chi connectivity index (χ0) is 21.9. The van der Waals surface area contributed by atoms with Gasteiger partial charge in [0, 0.05) is 30.6 Å². The number of nitrogens with one attached hydrogen (secondary N) is 2. The van der Waals surface area contributed by atoms with E-state index in [4.69, 9.17) is 4.74 Å². The van der Waals surface area contributed by atoms with Crippen molar-refractivity contribution in [3.05, 3.63) is 35.2 Å². The minimum absolute atomic E-state index is 0.124. The SMILES string of the molecule is COc1ccc(NC(C)=O)cc1NC(=O)C1CCCN(S(=O)(=O)c2ccc(C)s2)C1. The van der Waals surface area contributed by atoms with Crippen LogP contribution in [0.4, 0.5) is 11.4 Å². The van der Waals surface area contributed by atoms with Crippen molar-refractivity contribution in [3.63, 3.8) is 0 Å². The third-order valence-corrected chi connectivity index (χ3v) is 8.18. The average Bonchev–Trinajstić information content (AvgIpc) is 3.15. The van der Waals surface area contributed by atoms with Gasteiger partial charge in [0.25, 0.3) is 10.0 Å². The average molecular weight is 452 g/mol. The Morgan fingerprint density at radius 1 is 1.20 bits per heavy atom. The van der Waals surface area contributed by atoms with E-state index < -0.39 is 15.9 Å². The molecule has 2 N–H and O–H groups in total. The molecule has 0 radical (unpaired) electrons. The van der Waals surface area contributed by atoms with E-state index in [0.29, 0.717) is 40.7 Å². The van der Waals surface area contributed by atoms with Crippen LogP contribution in [0.2, 0.25) is 0 Å². The Morgan fingerprint density at radius 2 is 1.97 bits per heavy atom. The van der Waals surface area contributed by atoms with Crippen molar-refractivity contribution in [1.29, 1.82) is 0 Å². The van der Waals surface area contributed by atoms with E-state index in [-0.39, 0.29) is 18.4 Å². The number of hydrogen-bond acceptors (Lipinski definition) is 6. The predicted molar refractivity (Wildman–Crippen MR) is 116 cm³/mol. The van der Waals surface area contributed by atoms with Gasteiger partial charge >= 0.3 is 0 Å². The molecule has 3 rings (SSSR count). The molecule has 1 aromatic heterocycles. The molecule has 2 heterocycles. The lowest BCUT2D eigenvalue weighted by atomic mass is 9.98. The Morgan fingerprint density at radius 3 is 2.60 bits per heavy atom. The van der Waals surface area contributed by atoms with E-state index in [1.54, 1.807) is 30.3 Å². The van der Waals surface area contributed by atoms with Crippen LogP contribution in [0.5, 0.6) is 5.75 Å². The van der Waals surface area contributed by atoms with Crippen molar-refractivity contribution < 1.29 is 22.7 Å². The molecule has 1 unspecified atom stereocenters. The number of nitrogens with zero attached hydrogens (tertiary/aromatic N) is 1. The van der Waals surface area contributed by atoms with E-state index in [0.717, 1.165) is 4.88 Å². The molecular formula is C20H25N3O5S2. The van der Waals surface area contributed by atoms with Crippen LogP contribution in [-0.4, -0.2) is 44.7 Å². The van der Waals surface area contributed by atoms with Crippen molar-refractivity contribution in [2.24, 2.45) is 5.92 Å². The molecule has 1 aliphatic heterocycles. The van der Waals surface area contributed by atoms with E-state index >= 15 is 0 Å². The maximum atomic E-state index is 12.9. The lowest BCUT2D eigenvalue weighted by Crippen LogP contribution is -2.43. The summed E-state index contributed by atoms with van der Waals surface area (Å²) in [6.07, 6.45) is 1.19. The topological polar surface area (TPSA) is 105 Å². The molecule has 0 aliphatic carbocycles. The molecule has 1 fully saturated rings. The van der Waals surface area contributed by atoms with Crippen molar-refractivity contribution in [3.8, 4) is 5.75 Å². The summed E-state index contributed by atoms with van der Waals surface area (Å²) < 4.78 is 32.8. The summed E-state index contributed by atoms with van der Waals surface area (Å²) in [6.45, 7) is 3.77. The summed E-state index contributed by atoms with van der Waals surface area (Å²) in [4.78, 5) is 25.1. The Balaban J connectivity index is 1.75.